The van der Waals surface area contributed by atoms with Crippen LogP contribution in [0.3, 0.4) is 0 Å². The van der Waals surface area contributed by atoms with E-state index in [1.54, 1.807) is 6.20 Å². The Morgan fingerprint density at radius 1 is 1.45 bits per heavy atom. The van der Waals surface area contributed by atoms with E-state index in [0.29, 0.717) is 5.65 Å². The molecule has 0 bridgehead atoms. The Morgan fingerprint density at radius 3 is 3.18 bits per heavy atom. The van der Waals surface area contributed by atoms with E-state index in [9.17, 15) is 0 Å². The van der Waals surface area contributed by atoms with Crippen molar-refractivity contribution in [3.63, 3.8) is 0 Å². The average molecular weight is 149 g/mol. The first kappa shape index (κ1) is 6.27. The Kier molecular flexibility index (Phi) is 1.31. The maximum Gasteiger partial charge on any atom is 0.224 e. The van der Waals surface area contributed by atoms with Gasteiger partial charge in [0.2, 0.25) is 5.65 Å². The third kappa shape index (κ3) is 0.960. The summed E-state index contributed by atoms with van der Waals surface area (Å²) in [5.74, 6) is 0. The van der Waals surface area contributed by atoms with Gasteiger partial charge in [0.25, 0.3) is 0 Å². The normalized spacial score (nSPS) is 10.6. The van der Waals surface area contributed by atoms with Crippen LogP contribution in [0.1, 0.15) is 12.5 Å². The minimum absolute atomic E-state index is 0.571. The van der Waals surface area contributed by atoms with Gasteiger partial charge in [0.05, 0.1) is 0 Å². The van der Waals surface area contributed by atoms with Crippen molar-refractivity contribution in [2.45, 2.75) is 13.3 Å². The molecule has 0 radical (unpaired) electrons. The van der Waals surface area contributed by atoms with Crippen molar-refractivity contribution < 1.29 is 4.63 Å². The molecule has 4 heteroatoms. The lowest BCUT2D eigenvalue weighted by molar-refractivity contribution is 0.315. The number of rotatable bonds is 1. The average Bonchev–Trinajstić information content (AvgIpc) is 2.50. The van der Waals surface area contributed by atoms with Crippen LogP contribution >= 0.6 is 0 Å². The Hall–Kier alpha value is -1.45. The van der Waals surface area contributed by atoms with Gasteiger partial charge in [-0.25, -0.2) is 9.61 Å². The monoisotopic (exact) mass is 149 g/mol. The van der Waals surface area contributed by atoms with E-state index in [2.05, 4.69) is 26.9 Å². The lowest BCUT2D eigenvalue weighted by Gasteiger charge is -1.90. The summed E-state index contributed by atoms with van der Waals surface area (Å²) in [7, 11) is 0. The maximum atomic E-state index is 4.50. The van der Waals surface area contributed by atoms with Crippen LogP contribution in [0.2, 0.25) is 0 Å². The fourth-order valence-corrected chi connectivity index (χ4v) is 0.922. The molecule has 2 aromatic rings. The molecule has 0 N–H and O–H groups in total. The largest absolute Gasteiger partial charge is 0.242 e. The van der Waals surface area contributed by atoms with Crippen molar-refractivity contribution in [3.05, 3.63) is 17.8 Å². The second-order valence-electron chi connectivity index (χ2n) is 2.30. The van der Waals surface area contributed by atoms with Crippen molar-refractivity contribution in [3.8, 4) is 0 Å². The first-order valence-electron chi connectivity index (χ1n) is 3.47. The smallest absolute Gasteiger partial charge is 0.224 e. The first-order valence-corrected chi connectivity index (χ1v) is 3.47. The predicted octanol–water partition coefficient (Wildman–Crippen LogP) is 1.18. The summed E-state index contributed by atoms with van der Waals surface area (Å²) in [4.78, 5) is 4.04. The molecule has 2 heterocycles. The fraction of sp³-hybridized carbons (Fsp3) is 0.286. The summed E-state index contributed by atoms with van der Waals surface area (Å²) >= 11 is 0. The Bertz CT molecular complexity index is 368. The van der Waals surface area contributed by atoms with E-state index in [1.807, 2.05) is 6.07 Å². The molecule has 11 heavy (non-hydrogen) atoms. The van der Waals surface area contributed by atoms with Gasteiger partial charge < -0.3 is 0 Å². The van der Waals surface area contributed by atoms with Crippen molar-refractivity contribution in [1.82, 2.24) is 15.3 Å². The van der Waals surface area contributed by atoms with Gasteiger partial charge >= 0.3 is 0 Å². The molecule has 0 aliphatic rings. The summed E-state index contributed by atoms with van der Waals surface area (Å²) in [6.07, 6.45) is 2.74. The second kappa shape index (κ2) is 2.30. The standard InChI is InChI=1S/C7H7N3O/c1-2-5-3-6-7(8-4-5)10-11-9-6/h3-4H,2H2,1H3. The summed E-state index contributed by atoms with van der Waals surface area (Å²) in [6.45, 7) is 2.07. The Balaban J connectivity index is 2.67. The molecular weight excluding hydrogens is 142 g/mol. The molecule has 0 aliphatic heterocycles. The van der Waals surface area contributed by atoms with Gasteiger partial charge in [0.15, 0.2) is 5.52 Å². The van der Waals surface area contributed by atoms with E-state index >= 15 is 0 Å². The fourth-order valence-electron chi connectivity index (χ4n) is 0.922. The van der Waals surface area contributed by atoms with Crippen molar-refractivity contribution >= 4 is 11.2 Å². The minimum Gasteiger partial charge on any atom is -0.242 e. The number of fused-ring (bicyclic) bond motifs is 1. The third-order valence-corrected chi connectivity index (χ3v) is 1.58. The van der Waals surface area contributed by atoms with Crippen LogP contribution in [0.25, 0.3) is 11.2 Å². The number of nitrogens with zero attached hydrogens (tertiary/aromatic N) is 3. The predicted molar refractivity (Wildman–Crippen MR) is 39.0 cm³/mol. The molecule has 0 aromatic carbocycles. The van der Waals surface area contributed by atoms with Gasteiger partial charge in [0, 0.05) is 6.20 Å². The van der Waals surface area contributed by atoms with Crippen molar-refractivity contribution in [2.24, 2.45) is 0 Å². The molecule has 0 amide bonds. The van der Waals surface area contributed by atoms with Gasteiger partial charge in [-0.05, 0) is 28.4 Å². The van der Waals surface area contributed by atoms with Gasteiger partial charge in [0.1, 0.15) is 0 Å². The number of aryl methyl sites for hydroxylation is 1. The van der Waals surface area contributed by atoms with Crippen LogP contribution in [0.5, 0.6) is 0 Å². The van der Waals surface area contributed by atoms with Crippen LogP contribution in [0.15, 0.2) is 16.9 Å². The molecule has 0 aliphatic carbocycles. The second-order valence-corrected chi connectivity index (χ2v) is 2.30. The molecule has 0 unspecified atom stereocenters. The summed E-state index contributed by atoms with van der Waals surface area (Å²) in [6, 6.07) is 1.93. The van der Waals surface area contributed by atoms with Gasteiger partial charge in [-0.3, -0.25) is 0 Å². The molecule has 0 saturated carbocycles. The Morgan fingerprint density at radius 2 is 2.36 bits per heavy atom. The van der Waals surface area contributed by atoms with E-state index < -0.39 is 0 Å². The van der Waals surface area contributed by atoms with Gasteiger partial charge in [-0.15, -0.1) is 0 Å². The highest BCUT2D eigenvalue weighted by molar-refractivity contribution is 5.68. The van der Waals surface area contributed by atoms with E-state index in [-0.39, 0.29) is 0 Å². The topological polar surface area (TPSA) is 51.8 Å². The summed E-state index contributed by atoms with van der Waals surface area (Å²) in [5, 5.41) is 7.28. The summed E-state index contributed by atoms with van der Waals surface area (Å²) in [5.41, 5.74) is 2.44. The first-order chi connectivity index (χ1) is 5.40. The molecule has 0 fully saturated rings. The molecule has 0 spiro atoms. The highest BCUT2D eigenvalue weighted by Gasteiger charge is 2.00. The molecule has 0 saturated heterocycles. The minimum atomic E-state index is 0.571. The Labute approximate surface area is 63.2 Å². The van der Waals surface area contributed by atoms with Crippen molar-refractivity contribution in [2.75, 3.05) is 0 Å². The zero-order chi connectivity index (χ0) is 7.68. The quantitative estimate of drug-likeness (QED) is 0.610. The van der Waals surface area contributed by atoms with Crippen LogP contribution in [0, 0.1) is 0 Å². The molecular formula is C7H7N3O. The van der Waals surface area contributed by atoms with E-state index in [1.165, 1.54) is 0 Å². The number of aromatic nitrogens is 3. The van der Waals surface area contributed by atoms with Crippen molar-refractivity contribution in [1.29, 1.82) is 0 Å². The molecule has 4 nitrogen and oxygen atoms in total. The lowest BCUT2D eigenvalue weighted by Crippen LogP contribution is -1.82. The number of pyridine rings is 1. The lowest BCUT2D eigenvalue weighted by atomic mass is 10.2. The number of hydrogen-bond acceptors (Lipinski definition) is 4. The zero-order valence-electron chi connectivity index (χ0n) is 6.11. The van der Waals surface area contributed by atoms with Crippen LogP contribution in [-0.2, 0) is 6.42 Å². The third-order valence-electron chi connectivity index (χ3n) is 1.58. The van der Waals surface area contributed by atoms with E-state index in [4.69, 9.17) is 0 Å². The van der Waals surface area contributed by atoms with Crippen LogP contribution in [0.4, 0.5) is 0 Å². The summed E-state index contributed by atoms with van der Waals surface area (Å²) < 4.78 is 4.50. The van der Waals surface area contributed by atoms with Crippen LogP contribution in [-0.4, -0.2) is 15.3 Å². The van der Waals surface area contributed by atoms with E-state index in [0.717, 1.165) is 17.5 Å². The molecule has 2 aromatic heterocycles. The number of hydrogen-bond donors (Lipinski definition) is 0. The SMILES string of the molecule is CCc1cnc2nonc2c1. The molecule has 0 atom stereocenters. The van der Waals surface area contributed by atoms with Crippen LogP contribution < -0.4 is 0 Å². The highest BCUT2D eigenvalue weighted by Crippen LogP contribution is 2.07. The molecule has 2 rings (SSSR count). The van der Waals surface area contributed by atoms with Gasteiger partial charge in [-0.1, -0.05) is 6.92 Å². The van der Waals surface area contributed by atoms with Gasteiger partial charge in [-0.2, -0.15) is 0 Å². The maximum absolute atomic E-state index is 4.50. The zero-order valence-corrected chi connectivity index (χ0v) is 6.11. The highest BCUT2D eigenvalue weighted by atomic mass is 16.6. The molecule has 56 valence electrons.